The maximum atomic E-state index is 14.8. The first-order chi connectivity index (χ1) is 16.3. The van der Waals surface area contributed by atoms with Gasteiger partial charge in [0.2, 0.25) is 5.91 Å². The van der Waals surface area contributed by atoms with Crippen LogP contribution in [0.2, 0.25) is 5.02 Å². The zero-order valence-electron chi connectivity index (χ0n) is 20.0. The van der Waals surface area contributed by atoms with E-state index in [-0.39, 0.29) is 17.9 Å². The highest BCUT2D eigenvalue weighted by Crippen LogP contribution is 2.42. The minimum Gasteiger partial charge on any atom is -0.387 e. The van der Waals surface area contributed by atoms with Crippen molar-refractivity contribution in [1.82, 2.24) is 20.2 Å². The molecule has 0 unspecified atom stereocenters. The molecule has 34 heavy (non-hydrogen) atoms. The molecule has 2 heterocycles. The molecule has 2 aromatic rings. The molecule has 1 aromatic heterocycles. The van der Waals surface area contributed by atoms with Crippen molar-refractivity contribution in [2.75, 3.05) is 37.6 Å². The van der Waals surface area contributed by atoms with E-state index in [1.807, 2.05) is 18.7 Å². The molecule has 4 rings (SSSR count). The molecule has 7 nitrogen and oxygen atoms in total. The number of halogens is 2. The molecule has 0 saturated carbocycles. The molecule has 0 radical (unpaired) electrons. The van der Waals surface area contributed by atoms with Gasteiger partial charge in [0.1, 0.15) is 18.0 Å². The fraction of sp³-hybridized carbons (Fsp3) is 0.560. The third-order valence-electron chi connectivity index (χ3n) is 6.79. The summed E-state index contributed by atoms with van der Waals surface area (Å²) in [5, 5.41) is 13.9. The van der Waals surface area contributed by atoms with Gasteiger partial charge in [-0.3, -0.25) is 4.79 Å². The van der Waals surface area contributed by atoms with Crippen molar-refractivity contribution in [2.24, 2.45) is 0 Å². The molecule has 1 aliphatic heterocycles. The van der Waals surface area contributed by atoms with Crippen molar-refractivity contribution < 1.29 is 14.3 Å². The van der Waals surface area contributed by atoms with Crippen LogP contribution in [-0.2, 0) is 4.79 Å². The van der Waals surface area contributed by atoms with Gasteiger partial charge >= 0.3 is 0 Å². The minimum absolute atomic E-state index is 0.0665. The molecular formula is C25H33ClFN5O2. The van der Waals surface area contributed by atoms with E-state index in [1.165, 1.54) is 12.4 Å². The Balaban J connectivity index is 1.48. The number of aromatic nitrogens is 2. The van der Waals surface area contributed by atoms with E-state index in [2.05, 4.69) is 27.1 Å². The number of nitrogens with one attached hydrogen (secondary N) is 1. The van der Waals surface area contributed by atoms with Crippen LogP contribution in [0.25, 0.3) is 0 Å². The number of hydrogen-bond acceptors (Lipinski definition) is 6. The van der Waals surface area contributed by atoms with Crippen molar-refractivity contribution >= 4 is 23.3 Å². The first-order valence-corrected chi connectivity index (χ1v) is 12.4. The van der Waals surface area contributed by atoms with Crippen LogP contribution in [0.3, 0.4) is 0 Å². The highest BCUT2D eigenvalue weighted by atomic mass is 35.5. The van der Waals surface area contributed by atoms with Gasteiger partial charge in [-0.05, 0) is 37.4 Å². The average molecular weight is 490 g/mol. The van der Waals surface area contributed by atoms with Crippen LogP contribution < -0.4 is 10.2 Å². The summed E-state index contributed by atoms with van der Waals surface area (Å²) < 4.78 is 14.8. The van der Waals surface area contributed by atoms with Gasteiger partial charge < -0.3 is 20.2 Å². The summed E-state index contributed by atoms with van der Waals surface area (Å²) in [5.74, 6) is -0.0519. The number of carbonyl (C=O) groups is 1. The number of fused-ring (bicyclic) bond motifs is 1. The first-order valence-electron chi connectivity index (χ1n) is 12.0. The molecule has 1 aromatic carbocycles. The molecular weight excluding hydrogens is 457 g/mol. The molecule has 1 aliphatic carbocycles. The Morgan fingerprint density at radius 2 is 2.00 bits per heavy atom. The van der Waals surface area contributed by atoms with Crippen molar-refractivity contribution in [3.63, 3.8) is 0 Å². The SMILES string of the molecule is CC(C)NCC[C@@H](C(=O)N1CCN(c2ncnc3c2[C@H](C)C[C@H]3O)CC1)c1ccc(Cl)cc1F. The number of anilines is 1. The standard InChI is InChI=1S/C25H33ClFN5O2/c1-15(2)28-7-6-19(18-5-4-17(26)13-20(18)27)25(34)32-10-8-31(9-11-32)24-22-16(3)12-21(33)23(22)29-14-30-24/h4-5,13-16,19,21,28,33H,6-12H2,1-3H3/t16-,19-,21-/m1/s1. The first kappa shape index (κ1) is 24.8. The molecule has 3 atom stereocenters. The van der Waals surface area contributed by atoms with Crippen molar-refractivity contribution in [2.45, 2.75) is 57.6 Å². The zero-order valence-corrected chi connectivity index (χ0v) is 20.7. The van der Waals surface area contributed by atoms with Gasteiger partial charge in [0.25, 0.3) is 0 Å². The number of aliphatic hydroxyl groups excluding tert-OH is 1. The third kappa shape index (κ3) is 5.19. The van der Waals surface area contributed by atoms with Crippen molar-refractivity contribution in [3.8, 4) is 0 Å². The van der Waals surface area contributed by atoms with Crippen molar-refractivity contribution in [1.29, 1.82) is 0 Å². The van der Waals surface area contributed by atoms with E-state index in [4.69, 9.17) is 11.6 Å². The number of benzene rings is 1. The molecule has 2 aliphatic rings. The van der Waals surface area contributed by atoms with E-state index in [0.717, 1.165) is 11.4 Å². The molecule has 1 amide bonds. The van der Waals surface area contributed by atoms with E-state index in [0.29, 0.717) is 61.8 Å². The predicted molar refractivity (Wildman–Crippen MR) is 131 cm³/mol. The van der Waals surface area contributed by atoms with Gasteiger partial charge in [0.05, 0.1) is 17.7 Å². The second-order valence-corrected chi connectivity index (χ2v) is 10.0. The number of nitrogens with zero attached hydrogens (tertiary/aromatic N) is 4. The molecule has 2 N–H and O–H groups in total. The number of rotatable bonds is 7. The van der Waals surface area contributed by atoms with Crippen LogP contribution in [0.4, 0.5) is 10.2 Å². The highest BCUT2D eigenvalue weighted by Gasteiger charge is 2.35. The molecule has 9 heteroatoms. The summed E-state index contributed by atoms with van der Waals surface area (Å²) in [6, 6.07) is 4.82. The van der Waals surface area contributed by atoms with Gasteiger partial charge in [-0.25, -0.2) is 14.4 Å². The Morgan fingerprint density at radius 1 is 1.26 bits per heavy atom. The van der Waals surface area contributed by atoms with E-state index >= 15 is 0 Å². The van der Waals surface area contributed by atoms with Gasteiger partial charge in [-0.15, -0.1) is 0 Å². The van der Waals surface area contributed by atoms with Gasteiger partial charge in [0.15, 0.2) is 0 Å². The lowest BCUT2D eigenvalue weighted by atomic mass is 9.93. The summed E-state index contributed by atoms with van der Waals surface area (Å²) >= 11 is 5.95. The normalized spacial score (nSPS) is 21.1. The fourth-order valence-electron chi connectivity index (χ4n) is 5.03. The molecule has 1 fully saturated rings. The van der Waals surface area contributed by atoms with E-state index in [1.54, 1.807) is 12.1 Å². The summed E-state index contributed by atoms with van der Waals surface area (Å²) in [6.07, 6.45) is 2.11. The second kappa shape index (κ2) is 10.5. The zero-order chi connectivity index (χ0) is 24.4. The van der Waals surface area contributed by atoms with Crippen molar-refractivity contribution in [3.05, 3.63) is 52.2 Å². The predicted octanol–water partition coefficient (Wildman–Crippen LogP) is 3.63. The lowest BCUT2D eigenvalue weighted by Crippen LogP contribution is -2.50. The summed E-state index contributed by atoms with van der Waals surface area (Å²) in [6.45, 7) is 9.08. The molecule has 184 valence electrons. The maximum Gasteiger partial charge on any atom is 0.230 e. The minimum atomic E-state index is -0.575. The third-order valence-corrected chi connectivity index (χ3v) is 7.03. The van der Waals surface area contributed by atoms with Crippen LogP contribution in [0.5, 0.6) is 0 Å². The Kier molecular flexibility index (Phi) is 7.70. The van der Waals surface area contributed by atoms with Crippen LogP contribution in [0.15, 0.2) is 24.5 Å². The van der Waals surface area contributed by atoms with Crippen LogP contribution in [0.1, 0.15) is 68.4 Å². The van der Waals surface area contributed by atoms with Crippen LogP contribution in [-0.4, -0.2) is 64.6 Å². The number of hydrogen-bond donors (Lipinski definition) is 2. The van der Waals surface area contributed by atoms with Crippen LogP contribution in [0, 0.1) is 5.82 Å². The quantitative estimate of drug-likeness (QED) is 0.618. The second-order valence-electron chi connectivity index (χ2n) is 9.58. The Hall–Kier alpha value is -2.29. The maximum absolute atomic E-state index is 14.8. The largest absolute Gasteiger partial charge is 0.387 e. The fourth-order valence-corrected chi connectivity index (χ4v) is 5.18. The van der Waals surface area contributed by atoms with E-state index in [9.17, 15) is 14.3 Å². The summed E-state index contributed by atoms with van der Waals surface area (Å²) in [7, 11) is 0. The molecule has 0 bridgehead atoms. The summed E-state index contributed by atoms with van der Waals surface area (Å²) in [4.78, 5) is 26.4. The van der Waals surface area contributed by atoms with Gasteiger partial charge in [0, 0.05) is 48.4 Å². The van der Waals surface area contributed by atoms with E-state index < -0.39 is 17.8 Å². The number of carbonyl (C=O) groups excluding carboxylic acids is 1. The van der Waals surface area contributed by atoms with Gasteiger partial charge in [-0.2, -0.15) is 0 Å². The lowest BCUT2D eigenvalue weighted by Gasteiger charge is -2.38. The Morgan fingerprint density at radius 3 is 2.68 bits per heavy atom. The molecule has 0 spiro atoms. The number of aliphatic hydroxyl groups is 1. The molecule has 1 saturated heterocycles. The summed E-state index contributed by atoms with van der Waals surface area (Å²) in [5.41, 5.74) is 2.11. The topological polar surface area (TPSA) is 81.6 Å². The Bertz CT molecular complexity index is 1030. The smallest absolute Gasteiger partial charge is 0.230 e. The lowest BCUT2D eigenvalue weighted by molar-refractivity contribution is -0.133. The number of piperazine rings is 1. The highest BCUT2D eigenvalue weighted by molar-refractivity contribution is 6.30. The average Bonchev–Trinajstić information content (AvgIpc) is 3.10. The number of amides is 1. The monoisotopic (exact) mass is 489 g/mol. The van der Waals surface area contributed by atoms with Crippen LogP contribution >= 0.6 is 11.6 Å². The van der Waals surface area contributed by atoms with Gasteiger partial charge in [-0.1, -0.05) is 38.4 Å². The Labute approximate surface area is 205 Å².